The SMILES string of the molecule is CCS(=O)(=O)[C@H](C)c1coc(-c2cncc([C@@]34CC[C@@H](c5cc(-c6c(F)cccc6F)nnc53)C4(C)C)n2)n1. The summed E-state index contributed by atoms with van der Waals surface area (Å²) in [4.78, 5) is 13.7. The molecule has 6 rings (SSSR count). The Kier molecular flexibility index (Phi) is 5.73. The molecule has 202 valence electrons. The van der Waals surface area contributed by atoms with E-state index in [1.165, 1.54) is 30.7 Å². The molecule has 1 saturated carbocycles. The third kappa shape index (κ3) is 3.58. The smallest absolute Gasteiger partial charge is 0.246 e. The van der Waals surface area contributed by atoms with Crippen molar-refractivity contribution in [3.8, 4) is 22.8 Å². The molecule has 0 spiro atoms. The number of hydrogen-bond donors (Lipinski definition) is 0. The fraction of sp³-hybridized carbons (Fsp3) is 0.393. The van der Waals surface area contributed by atoms with Crippen LogP contribution < -0.4 is 0 Å². The highest BCUT2D eigenvalue weighted by atomic mass is 32.2. The van der Waals surface area contributed by atoms with Gasteiger partial charge >= 0.3 is 0 Å². The van der Waals surface area contributed by atoms with Crippen molar-refractivity contribution in [3.63, 3.8) is 0 Å². The van der Waals surface area contributed by atoms with Crippen molar-refractivity contribution in [1.82, 2.24) is 25.1 Å². The Hall–Kier alpha value is -3.60. The Bertz CT molecular complexity index is 1700. The summed E-state index contributed by atoms with van der Waals surface area (Å²) in [5, 5.41) is 8.01. The van der Waals surface area contributed by atoms with Crippen molar-refractivity contribution in [2.24, 2.45) is 5.41 Å². The monoisotopic (exact) mass is 551 g/mol. The lowest BCUT2D eigenvalue weighted by Gasteiger charge is -2.37. The molecule has 8 nitrogen and oxygen atoms in total. The number of fused-ring (bicyclic) bond motifs is 5. The highest BCUT2D eigenvalue weighted by molar-refractivity contribution is 7.91. The molecule has 3 aromatic heterocycles. The Labute approximate surface area is 224 Å². The molecular formula is C28H27F2N5O3S. The molecule has 3 heterocycles. The van der Waals surface area contributed by atoms with E-state index in [1.54, 1.807) is 26.1 Å². The molecule has 2 aliphatic carbocycles. The maximum atomic E-state index is 14.5. The summed E-state index contributed by atoms with van der Waals surface area (Å²) in [5.74, 6) is -1.13. The van der Waals surface area contributed by atoms with Crippen molar-refractivity contribution in [2.45, 2.75) is 57.1 Å². The van der Waals surface area contributed by atoms with Gasteiger partial charge in [0.25, 0.3) is 0 Å². The van der Waals surface area contributed by atoms with Gasteiger partial charge in [-0.15, -0.1) is 5.10 Å². The predicted molar refractivity (Wildman–Crippen MR) is 139 cm³/mol. The Balaban J connectivity index is 1.44. The molecule has 1 fully saturated rings. The van der Waals surface area contributed by atoms with Gasteiger partial charge in [0.1, 0.15) is 28.8 Å². The third-order valence-corrected chi connectivity index (χ3v) is 10.9. The topological polar surface area (TPSA) is 112 Å². The number of hydrogen-bond acceptors (Lipinski definition) is 8. The highest BCUT2D eigenvalue weighted by Gasteiger charge is 2.65. The number of rotatable bonds is 6. The highest BCUT2D eigenvalue weighted by Crippen LogP contribution is 2.69. The van der Waals surface area contributed by atoms with Gasteiger partial charge < -0.3 is 4.42 Å². The first-order valence-corrected chi connectivity index (χ1v) is 14.5. The summed E-state index contributed by atoms with van der Waals surface area (Å²) < 4.78 is 59.4. The fourth-order valence-corrected chi connectivity index (χ4v) is 7.43. The number of sulfone groups is 1. The summed E-state index contributed by atoms with van der Waals surface area (Å²) in [6.07, 6.45) is 6.16. The van der Waals surface area contributed by atoms with Gasteiger partial charge in [-0.2, -0.15) is 5.10 Å². The minimum Gasteiger partial charge on any atom is -0.443 e. The maximum absolute atomic E-state index is 14.5. The molecule has 0 saturated heterocycles. The normalized spacial score (nSPS) is 22.2. The van der Waals surface area contributed by atoms with E-state index in [9.17, 15) is 17.2 Å². The van der Waals surface area contributed by atoms with E-state index in [1.807, 2.05) is 0 Å². The largest absolute Gasteiger partial charge is 0.443 e. The zero-order valence-electron chi connectivity index (χ0n) is 21.9. The number of halogens is 2. The molecule has 1 aromatic carbocycles. The molecule has 39 heavy (non-hydrogen) atoms. The number of oxazole rings is 1. The van der Waals surface area contributed by atoms with Crippen LogP contribution in [0, 0.1) is 17.0 Å². The van der Waals surface area contributed by atoms with E-state index in [0.717, 1.165) is 24.1 Å². The minimum absolute atomic E-state index is 0.00384. The van der Waals surface area contributed by atoms with E-state index in [4.69, 9.17) is 9.40 Å². The van der Waals surface area contributed by atoms with Crippen LogP contribution in [0.25, 0.3) is 22.8 Å². The molecule has 0 N–H and O–H groups in total. The standard InChI is InChI=1S/C28H27F2N5O3S/c1-5-39(36,37)15(2)22-14-38-26(33-22)21-12-31-13-23(32-21)28-10-9-17(27(28,3)4)16-11-20(34-35-25(16)28)24-18(29)7-6-8-19(24)30/h6-8,11-15,17H,5,9-10H2,1-4H3/t15-,17+,28+/m1/s1. The third-order valence-electron chi connectivity index (χ3n) is 8.77. The van der Waals surface area contributed by atoms with Gasteiger partial charge in [-0.25, -0.2) is 27.2 Å². The molecule has 0 amide bonds. The number of aromatic nitrogens is 5. The van der Waals surface area contributed by atoms with Crippen molar-refractivity contribution in [3.05, 3.63) is 77.2 Å². The Morgan fingerprint density at radius 2 is 1.85 bits per heavy atom. The lowest BCUT2D eigenvalue weighted by Crippen LogP contribution is -2.38. The molecule has 2 bridgehead atoms. The first-order chi connectivity index (χ1) is 18.5. The van der Waals surface area contributed by atoms with E-state index < -0.39 is 32.1 Å². The van der Waals surface area contributed by atoms with Crippen LogP contribution in [0.3, 0.4) is 0 Å². The van der Waals surface area contributed by atoms with Crippen molar-refractivity contribution >= 4 is 9.84 Å². The van der Waals surface area contributed by atoms with Crippen molar-refractivity contribution < 1.29 is 21.6 Å². The Morgan fingerprint density at radius 1 is 1.10 bits per heavy atom. The predicted octanol–water partition coefficient (Wildman–Crippen LogP) is 5.57. The molecule has 0 unspecified atom stereocenters. The van der Waals surface area contributed by atoms with Gasteiger partial charge in [0.15, 0.2) is 9.84 Å². The van der Waals surface area contributed by atoms with Crippen LogP contribution in [0.1, 0.15) is 74.3 Å². The van der Waals surface area contributed by atoms with Gasteiger partial charge in [-0.05, 0) is 54.9 Å². The number of nitrogens with zero attached hydrogens (tertiary/aromatic N) is 5. The lowest BCUT2D eigenvalue weighted by atomic mass is 9.66. The average molecular weight is 552 g/mol. The molecule has 11 heteroatoms. The van der Waals surface area contributed by atoms with Gasteiger partial charge in [-0.3, -0.25) is 4.98 Å². The van der Waals surface area contributed by atoms with E-state index >= 15 is 0 Å². The van der Waals surface area contributed by atoms with Crippen LogP contribution in [-0.2, 0) is 15.3 Å². The summed E-state index contributed by atoms with van der Waals surface area (Å²) >= 11 is 0. The first-order valence-electron chi connectivity index (χ1n) is 12.8. The summed E-state index contributed by atoms with van der Waals surface area (Å²) in [7, 11) is -3.35. The van der Waals surface area contributed by atoms with E-state index in [2.05, 4.69) is 34.0 Å². The average Bonchev–Trinajstić information content (AvgIpc) is 3.56. The summed E-state index contributed by atoms with van der Waals surface area (Å²) in [6, 6.07) is 5.49. The van der Waals surface area contributed by atoms with Crippen LogP contribution in [0.2, 0.25) is 0 Å². The van der Waals surface area contributed by atoms with Gasteiger partial charge in [0.05, 0.1) is 40.0 Å². The molecule has 2 aliphatic rings. The second kappa shape index (κ2) is 8.70. The van der Waals surface area contributed by atoms with Gasteiger partial charge in [0.2, 0.25) is 5.89 Å². The minimum atomic E-state index is -3.35. The van der Waals surface area contributed by atoms with Crippen molar-refractivity contribution in [2.75, 3.05) is 5.75 Å². The van der Waals surface area contributed by atoms with E-state index in [-0.39, 0.29) is 34.2 Å². The van der Waals surface area contributed by atoms with Crippen LogP contribution >= 0.6 is 0 Å². The molecule has 0 radical (unpaired) electrons. The lowest BCUT2D eigenvalue weighted by molar-refractivity contribution is 0.242. The van der Waals surface area contributed by atoms with Crippen molar-refractivity contribution in [1.29, 1.82) is 0 Å². The second-order valence-electron chi connectivity index (χ2n) is 10.8. The first kappa shape index (κ1) is 25.7. The van der Waals surface area contributed by atoms with Gasteiger partial charge in [0, 0.05) is 11.9 Å². The van der Waals surface area contributed by atoms with Crippen LogP contribution in [0.5, 0.6) is 0 Å². The summed E-state index contributed by atoms with van der Waals surface area (Å²) in [6.45, 7) is 7.46. The quantitative estimate of drug-likeness (QED) is 0.306. The molecular weight excluding hydrogens is 524 g/mol. The molecule has 0 aliphatic heterocycles. The maximum Gasteiger partial charge on any atom is 0.246 e. The number of benzene rings is 1. The Morgan fingerprint density at radius 3 is 2.56 bits per heavy atom. The molecule has 3 atom stereocenters. The zero-order valence-corrected chi connectivity index (χ0v) is 22.8. The molecule has 4 aromatic rings. The van der Waals surface area contributed by atoms with Crippen LogP contribution in [0.4, 0.5) is 8.78 Å². The van der Waals surface area contributed by atoms with E-state index in [0.29, 0.717) is 17.1 Å². The van der Waals surface area contributed by atoms with Crippen LogP contribution in [-0.4, -0.2) is 39.3 Å². The van der Waals surface area contributed by atoms with Gasteiger partial charge in [-0.1, -0.05) is 26.8 Å². The van der Waals surface area contributed by atoms with Crippen LogP contribution in [0.15, 0.2) is 47.3 Å². The fourth-order valence-electron chi connectivity index (χ4n) is 6.46. The zero-order chi connectivity index (χ0) is 27.7. The summed E-state index contributed by atoms with van der Waals surface area (Å²) in [5.41, 5.74) is 1.98. The second-order valence-corrected chi connectivity index (χ2v) is 13.4.